The van der Waals surface area contributed by atoms with Crippen molar-refractivity contribution in [3.63, 3.8) is 0 Å². The largest absolute Gasteiger partial charge is 0.455 e. The third-order valence-corrected chi connectivity index (χ3v) is 7.13. The van der Waals surface area contributed by atoms with Crippen molar-refractivity contribution in [3.05, 3.63) is 69.9 Å². The van der Waals surface area contributed by atoms with Gasteiger partial charge in [0.1, 0.15) is 11.8 Å². The predicted molar refractivity (Wildman–Crippen MR) is 126 cm³/mol. The van der Waals surface area contributed by atoms with Crippen molar-refractivity contribution >= 4 is 34.5 Å². The molecule has 2 aromatic carbocycles. The summed E-state index contributed by atoms with van der Waals surface area (Å²) in [4.78, 5) is 41.0. The summed E-state index contributed by atoms with van der Waals surface area (Å²) in [6.45, 7) is 2.41. The molecule has 5 rings (SSSR count). The molecule has 2 amide bonds. The molecule has 0 radical (unpaired) electrons. The van der Waals surface area contributed by atoms with Gasteiger partial charge < -0.3 is 14.6 Å². The van der Waals surface area contributed by atoms with Gasteiger partial charge in [0.2, 0.25) is 5.91 Å². The summed E-state index contributed by atoms with van der Waals surface area (Å²) in [5, 5.41) is 3.36. The van der Waals surface area contributed by atoms with Crippen molar-refractivity contribution in [3.8, 4) is 11.3 Å². The standard InChI is InChI=1S/C25H24N2O4S/c1-15-21(28)18-8-5-9-19(23(18)31-22(15)17-6-3-2-4-7-17)25(30)27-14-32-13-20(27)24(29)26-12-16-10-11-16/h2-9,16,20H,10-14H2,1H3,(H,26,29). The van der Waals surface area contributed by atoms with E-state index in [1.807, 2.05) is 30.3 Å². The zero-order chi connectivity index (χ0) is 22.2. The summed E-state index contributed by atoms with van der Waals surface area (Å²) in [5.74, 6) is 1.61. The highest BCUT2D eigenvalue weighted by Gasteiger charge is 2.36. The minimum absolute atomic E-state index is 0.113. The average Bonchev–Trinajstić information content (AvgIpc) is 3.52. The number of fused-ring (bicyclic) bond motifs is 1. The molecule has 6 nitrogen and oxygen atoms in total. The molecular formula is C25H24N2O4S. The number of hydrogen-bond acceptors (Lipinski definition) is 5. The molecule has 1 atom stereocenters. The molecule has 1 N–H and O–H groups in total. The highest BCUT2D eigenvalue weighted by molar-refractivity contribution is 7.99. The molecular weight excluding hydrogens is 424 g/mol. The molecule has 1 saturated carbocycles. The number of nitrogens with one attached hydrogen (secondary N) is 1. The molecule has 3 aromatic rings. The quantitative estimate of drug-likeness (QED) is 0.642. The van der Waals surface area contributed by atoms with E-state index in [2.05, 4.69) is 5.32 Å². The molecule has 1 aliphatic heterocycles. The van der Waals surface area contributed by atoms with E-state index in [0.29, 0.717) is 46.4 Å². The van der Waals surface area contributed by atoms with Crippen molar-refractivity contribution in [2.45, 2.75) is 25.8 Å². The van der Waals surface area contributed by atoms with E-state index in [9.17, 15) is 14.4 Å². The Labute approximate surface area is 190 Å². The lowest BCUT2D eigenvalue weighted by molar-refractivity contribution is -0.124. The van der Waals surface area contributed by atoms with Crippen LogP contribution in [0.3, 0.4) is 0 Å². The van der Waals surface area contributed by atoms with E-state index < -0.39 is 6.04 Å². The van der Waals surface area contributed by atoms with Crippen molar-refractivity contribution in [1.29, 1.82) is 0 Å². The Bertz CT molecular complexity index is 1250. The number of thioether (sulfide) groups is 1. The molecule has 1 unspecified atom stereocenters. The van der Waals surface area contributed by atoms with Crippen molar-refractivity contribution in [1.82, 2.24) is 10.2 Å². The topological polar surface area (TPSA) is 79.6 Å². The fourth-order valence-electron chi connectivity index (χ4n) is 4.04. The highest BCUT2D eigenvalue weighted by Crippen LogP contribution is 2.31. The van der Waals surface area contributed by atoms with Crippen LogP contribution in [0.4, 0.5) is 0 Å². The molecule has 0 spiro atoms. The van der Waals surface area contributed by atoms with Gasteiger partial charge in [-0.1, -0.05) is 36.4 Å². The number of benzene rings is 2. The average molecular weight is 449 g/mol. The van der Waals surface area contributed by atoms with Gasteiger partial charge >= 0.3 is 0 Å². The lowest BCUT2D eigenvalue weighted by Gasteiger charge is -2.23. The van der Waals surface area contributed by atoms with Crippen molar-refractivity contribution < 1.29 is 14.0 Å². The summed E-state index contributed by atoms with van der Waals surface area (Å²) in [5.41, 5.74) is 1.69. The number of carbonyl (C=O) groups excluding carboxylic acids is 2. The summed E-state index contributed by atoms with van der Waals surface area (Å²) >= 11 is 1.55. The molecule has 1 saturated heterocycles. The van der Waals surface area contributed by atoms with Gasteiger partial charge in [0, 0.05) is 23.4 Å². The van der Waals surface area contributed by atoms with Gasteiger partial charge in [-0.3, -0.25) is 14.4 Å². The molecule has 2 fully saturated rings. The third-order valence-electron chi connectivity index (χ3n) is 6.12. The second-order valence-electron chi connectivity index (χ2n) is 8.41. The van der Waals surface area contributed by atoms with Gasteiger partial charge in [0.25, 0.3) is 5.91 Å². The smallest absolute Gasteiger partial charge is 0.259 e. The van der Waals surface area contributed by atoms with Gasteiger partial charge in [-0.05, 0) is 37.8 Å². The highest BCUT2D eigenvalue weighted by atomic mass is 32.2. The maximum Gasteiger partial charge on any atom is 0.259 e. The molecule has 2 heterocycles. The van der Waals surface area contributed by atoms with Crippen LogP contribution in [0.15, 0.2) is 57.7 Å². The molecule has 1 aliphatic carbocycles. The second kappa shape index (κ2) is 8.47. The number of rotatable bonds is 5. The maximum atomic E-state index is 13.5. The first-order chi connectivity index (χ1) is 15.5. The molecule has 1 aromatic heterocycles. The Morgan fingerprint density at radius 3 is 2.66 bits per heavy atom. The van der Waals surface area contributed by atoms with E-state index in [0.717, 1.165) is 18.4 Å². The minimum atomic E-state index is -0.521. The van der Waals surface area contributed by atoms with E-state index in [1.54, 1.807) is 41.8 Å². The first kappa shape index (κ1) is 20.8. The number of carbonyl (C=O) groups is 2. The van der Waals surface area contributed by atoms with Gasteiger partial charge in [-0.15, -0.1) is 11.8 Å². The Morgan fingerprint density at radius 1 is 1.12 bits per heavy atom. The fourth-order valence-corrected chi connectivity index (χ4v) is 5.20. The normalized spacial score (nSPS) is 18.2. The molecule has 0 bridgehead atoms. The van der Waals surface area contributed by atoms with Crippen LogP contribution in [0, 0.1) is 12.8 Å². The fraction of sp³-hybridized carbons (Fsp3) is 0.320. The minimum Gasteiger partial charge on any atom is -0.455 e. The monoisotopic (exact) mass is 448 g/mol. The number of hydrogen-bond donors (Lipinski definition) is 1. The number of amides is 2. The Hall–Kier alpha value is -3.06. The zero-order valence-electron chi connectivity index (χ0n) is 17.8. The van der Waals surface area contributed by atoms with Gasteiger partial charge in [-0.2, -0.15) is 0 Å². The maximum absolute atomic E-state index is 13.5. The van der Waals surface area contributed by atoms with Crippen molar-refractivity contribution in [2.75, 3.05) is 18.2 Å². The van der Waals surface area contributed by atoms with Gasteiger partial charge in [-0.25, -0.2) is 0 Å². The summed E-state index contributed by atoms with van der Waals surface area (Å²) in [6.07, 6.45) is 2.31. The van der Waals surface area contributed by atoms with E-state index in [-0.39, 0.29) is 22.8 Å². The van der Waals surface area contributed by atoms with E-state index >= 15 is 0 Å². The summed E-state index contributed by atoms with van der Waals surface area (Å²) in [7, 11) is 0. The number of para-hydroxylation sites is 1. The van der Waals surface area contributed by atoms with Gasteiger partial charge in [0.15, 0.2) is 11.0 Å². The Kier molecular flexibility index (Phi) is 5.51. The zero-order valence-corrected chi connectivity index (χ0v) is 18.6. The van der Waals surface area contributed by atoms with Crippen molar-refractivity contribution in [2.24, 2.45) is 5.92 Å². The summed E-state index contributed by atoms with van der Waals surface area (Å²) in [6, 6.07) is 13.9. The van der Waals surface area contributed by atoms with Crippen LogP contribution in [0.1, 0.15) is 28.8 Å². The molecule has 164 valence electrons. The van der Waals surface area contributed by atoms with Crippen LogP contribution in [-0.4, -0.2) is 40.9 Å². The van der Waals surface area contributed by atoms with E-state index in [4.69, 9.17) is 4.42 Å². The lowest BCUT2D eigenvalue weighted by atomic mass is 10.0. The lowest BCUT2D eigenvalue weighted by Crippen LogP contribution is -2.47. The first-order valence-electron chi connectivity index (χ1n) is 10.8. The molecule has 32 heavy (non-hydrogen) atoms. The predicted octanol–water partition coefficient (Wildman–Crippen LogP) is 3.81. The van der Waals surface area contributed by atoms with Crippen LogP contribution >= 0.6 is 11.8 Å². The molecule has 7 heteroatoms. The SMILES string of the molecule is Cc1c(-c2ccccc2)oc2c(C(=O)N3CSCC3C(=O)NCC3CC3)cccc2c1=O. The Balaban J connectivity index is 1.53. The molecule has 2 aliphatic rings. The summed E-state index contributed by atoms with van der Waals surface area (Å²) < 4.78 is 6.20. The van der Waals surface area contributed by atoms with Crippen LogP contribution in [0.2, 0.25) is 0 Å². The van der Waals surface area contributed by atoms with Crippen LogP contribution in [0.25, 0.3) is 22.3 Å². The van der Waals surface area contributed by atoms with Crippen LogP contribution in [0.5, 0.6) is 0 Å². The first-order valence-corrected chi connectivity index (χ1v) is 12.0. The third kappa shape index (κ3) is 3.81. The van der Waals surface area contributed by atoms with E-state index in [1.165, 1.54) is 0 Å². The van der Waals surface area contributed by atoms with Crippen LogP contribution < -0.4 is 10.7 Å². The van der Waals surface area contributed by atoms with Crippen LogP contribution in [-0.2, 0) is 4.79 Å². The van der Waals surface area contributed by atoms with Gasteiger partial charge in [0.05, 0.1) is 16.8 Å². The second-order valence-corrected chi connectivity index (χ2v) is 9.41. The number of nitrogens with zero attached hydrogens (tertiary/aromatic N) is 1. The Morgan fingerprint density at radius 2 is 1.91 bits per heavy atom.